The second-order valence-electron chi connectivity index (χ2n) is 5.57. The molecule has 0 radical (unpaired) electrons. The third kappa shape index (κ3) is 6.98. The van der Waals surface area contributed by atoms with Gasteiger partial charge in [0.25, 0.3) is 0 Å². The maximum atomic E-state index is 12.0. The zero-order valence-corrected chi connectivity index (χ0v) is 14.6. The van der Waals surface area contributed by atoms with Gasteiger partial charge in [-0.1, -0.05) is 31.0 Å². The van der Waals surface area contributed by atoms with E-state index < -0.39 is 0 Å². The van der Waals surface area contributed by atoms with Gasteiger partial charge < -0.3 is 10.6 Å². The minimum absolute atomic E-state index is 0.00548. The topological polar surface area (TPSA) is 58.2 Å². The molecule has 0 spiro atoms. The van der Waals surface area contributed by atoms with Gasteiger partial charge in [0.2, 0.25) is 11.8 Å². The highest BCUT2D eigenvalue weighted by Gasteiger charge is 2.16. The Labute approximate surface area is 137 Å². The van der Waals surface area contributed by atoms with Crippen LogP contribution in [0, 0.1) is 6.92 Å². The van der Waals surface area contributed by atoms with Crippen LogP contribution in [0.2, 0.25) is 0 Å². The van der Waals surface area contributed by atoms with Crippen molar-refractivity contribution in [1.29, 1.82) is 0 Å². The van der Waals surface area contributed by atoms with Crippen LogP contribution >= 0.6 is 11.8 Å². The van der Waals surface area contributed by atoms with Gasteiger partial charge in [-0.2, -0.15) is 0 Å². The fraction of sp³-hybridized carbons (Fsp3) is 0.529. The van der Waals surface area contributed by atoms with Crippen molar-refractivity contribution in [2.45, 2.75) is 51.8 Å². The summed E-state index contributed by atoms with van der Waals surface area (Å²) in [4.78, 5) is 23.9. The van der Waals surface area contributed by atoms with Crippen LogP contribution in [-0.4, -0.2) is 28.9 Å². The van der Waals surface area contributed by atoms with E-state index in [2.05, 4.69) is 17.6 Å². The Kier molecular flexibility index (Phi) is 8.02. The number of carbonyl (C=O) groups is 2. The lowest BCUT2D eigenvalue weighted by Crippen LogP contribution is -2.38. The highest BCUT2D eigenvalue weighted by atomic mass is 32.2. The first-order valence-electron chi connectivity index (χ1n) is 7.70. The monoisotopic (exact) mass is 322 g/mol. The van der Waals surface area contributed by atoms with Crippen LogP contribution in [0.15, 0.2) is 24.3 Å². The lowest BCUT2D eigenvalue weighted by atomic mass is 10.2. The van der Waals surface area contributed by atoms with Crippen molar-refractivity contribution < 1.29 is 9.59 Å². The van der Waals surface area contributed by atoms with Gasteiger partial charge in [0.05, 0.1) is 11.0 Å². The second-order valence-corrected chi connectivity index (χ2v) is 6.89. The molecule has 0 bridgehead atoms. The highest BCUT2D eigenvalue weighted by molar-refractivity contribution is 8.01. The molecule has 2 atom stereocenters. The largest absolute Gasteiger partial charge is 0.353 e. The number of thioether (sulfide) groups is 1. The van der Waals surface area contributed by atoms with Crippen molar-refractivity contribution in [2.75, 3.05) is 11.1 Å². The van der Waals surface area contributed by atoms with E-state index >= 15 is 0 Å². The van der Waals surface area contributed by atoms with E-state index in [0.717, 1.165) is 24.1 Å². The van der Waals surface area contributed by atoms with E-state index in [4.69, 9.17) is 0 Å². The number of aryl methyl sites for hydroxylation is 1. The number of hydrogen-bond donors (Lipinski definition) is 2. The molecular weight excluding hydrogens is 296 g/mol. The summed E-state index contributed by atoms with van der Waals surface area (Å²) in [5, 5.41) is 5.57. The summed E-state index contributed by atoms with van der Waals surface area (Å²) in [5.41, 5.74) is 1.93. The Hall–Kier alpha value is -1.49. The second kappa shape index (κ2) is 9.51. The highest BCUT2D eigenvalue weighted by Crippen LogP contribution is 2.13. The molecule has 1 aromatic rings. The van der Waals surface area contributed by atoms with Crippen LogP contribution in [0.4, 0.5) is 5.69 Å². The van der Waals surface area contributed by atoms with E-state index in [-0.39, 0.29) is 28.9 Å². The molecule has 0 fully saturated rings. The van der Waals surface area contributed by atoms with Gasteiger partial charge in [-0.3, -0.25) is 9.59 Å². The maximum absolute atomic E-state index is 12.0. The molecule has 1 rings (SSSR count). The summed E-state index contributed by atoms with van der Waals surface area (Å²) in [6.07, 6.45) is 2.01. The number of benzene rings is 1. The molecule has 0 aromatic heterocycles. The van der Waals surface area contributed by atoms with Crippen molar-refractivity contribution >= 4 is 29.3 Å². The zero-order valence-electron chi connectivity index (χ0n) is 13.8. The fourth-order valence-corrected chi connectivity index (χ4v) is 2.67. The van der Waals surface area contributed by atoms with Crippen LogP contribution < -0.4 is 10.6 Å². The molecule has 0 saturated carbocycles. The van der Waals surface area contributed by atoms with Crippen molar-refractivity contribution in [2.24, 2.45) is 0 Å². The SMILES string of the molecule is CCCC(C)NC(=O)C(C)SCC(=O)Nc1ccc(C)cc1. The molecule has 0 aliphatic rings. The summed E-state index contributed by atoms with van der Waals surface area (Å²) in [6, 6.07) is 7.84. The first-order chi connectivity index (χ1) is 10.4. The smallest absolute Gasteiger partial charge is 0.234 e. The molecule has 2 unspecified atom stereocenters. The predicted molar refractivity (Wildman–Crippen MR) is 94.2 cm³/mol. The van der Waals surface area contributed by atoms with E-state index in [1.807, 2.05) is 45.0 Å². The lowest BCUT2D eigenvalue weighted by molar-refractivity contribution is -0.120. The molecule has 5 heteroatoms. The summed E-state index contributed by atoms with van der Waals surface area (Å²) < 4.78 is 0. The average molecular weight is 322 g/mol. The third-order valence-corrected chi connectivity index (χ3v) is 4.42. The maximum Gasteiger partial charge on any atom is 0.234 e. The van der Waals surface area contributed by atoms with Crippen molar-refractivity contribution in [3.05, 3.63) is 29.8 Å². The molecule has 22 heavy (non-hydrogen) atoms. The van der Waals surface area contributed by atoms with Crippen molar-refractivity contribution in [3.63, 3.8) is 0 Å². The molecule has 1 aromatic carbocycles. The minimum Gasteiger partial charge on any atom is -0.353 e. The van der Waals surface area contributed by atoms with Gasteiger partial charge in [0.15, 0.2) is 0 Å². The van der Waals surface area contributed by atoms with E-state index in [9.17, 15) is 9.59 Å². The van der Waals surface area contributed by atoms with Crippen LogP contribution in [-0.2, 0) is 9.59 Å². The van der Waals surface area contributed by atoms with Gasteiger partial charge >= 0.3 is 0 Å². The third-order valence-electron chi connectivity index (χ3n) is 3.28. The van der Waals surface area contributed by atoms with Gasteiger partial charge in [-0.15, -0.1) is 11.8 Å². The molecule has 0 aliphatic heterocycles. The van der Waals surface area contributed by atoms with E-state index in [1.165, 1.54) is 11.8 Å². The standard InChI is InChI=1S/C17H26N2O2S/c1-5-6-13(3)18-17(21)14(4)22-11-16(20)19-15-9-7-12(2)8-10-15/h7-10,13-14H,5-6,11H2,1-4H3,(H,18,21)(H,19,20). The van der Waals surface area contributed by atoms with Crippen molar-refractivity contribution in [1.82, 2.24) is 5.32 Å². The fourth-order valence-electron chi connectivity index (χ4n) is 1.98. The first-order valence-corrected chi connectivity index (χ1v) is 8.75. The van der Waals surface area contributed by atoms with Gasteiger partial charge in [0, 0.05) is 11.7 Å². The molecule has 0 heterocycles. The molecule has 4 nitrogen and oxygen atoms in total. The van der Waals surface area contributed by atoms with Crippen LogP contribution in [0.5, 0.6) is 0 Å². The zero-order chi connectivity index (χ0) is 16.5. The first kappa shape index (κ1) is 18.6. The molecule has 0 saturated heterocycles. The minimum atomic E-state index is -0.233. The quantitative estimate of drug-likeness (QED) is 0.771. The predicted octanol–water partition coefficient (Wildman–Crippen LogP) is 3.36. The number of amides is 2. The Bertz CT molecular complexity index is 488. The van der Waals surface area contributed by atoms with Crippen molar-refractivity contribution in [3.8, 4) is 0 Å². The molecular formula is C17H26N2O2S. The molecule has 2 N–H and O–H groups in total. The number of rotatable bonds is 8. The number of nitrogens with one attached hydrogen (secondary N) is 2. The molecule has 0 aliphatic carbocycles. The average Bonchev–Trinajstić information content (AvgIpc) is 2.47. The van der Waals surface area contributed by atoms with Gasteiger partial charge in [-0.05, 0) is 39.3 Å². The van der Waals surface area contributed by atoms with E-state index in [0.29, 0.717) is 0 Å². The summed E-state index contributed by atoms with van der Waals surface area (Å²) in [6.45, 7) is 7.93. The van der Waals surface area contributed by atoms with Gasteiger partial charge in [-0.25, -0.2) is 0 Å². The Morgan fingerprint density at radius 1 is 1.18 bits per heavy atom. The summed E-state index contributed by atoms with van der Waals surface area (Å²) in [7, 11) is 0. The summed E-state index contributed by atoms with van der Waals surface area (Å²) in [5.74, 6) is 0.175. The molecule has 122 valence electrons. The Morgan fingerprint density at radius 2 is 1.82 bits per heavy atom. The van der Waals surface area contributed by atoms with Crippen LogP contribution in [0.1, 0.15) is 39.2 Å². The van der Waals surface area contributed by atoms with Crippen LogP contribution in [0.3, 0.4) is 0 Å². The summed E-state index contributed by atoms with van der Waals surface area (Å²) >= 11 is 1.35. The molecule has 2 amide bonds. The Balaban J connectivity index is 2.33. The van der Waals surface area contributed by atoms with E-state index in [1.54, 1.807) is 0 Å². The van der Waals surface area contributed by atoms with Crippen LogP contribution in [0.25, 0.3) is 0 Å². The lowest BCUT2D eigenvalue weighted by Gasteiger charge is -2.16. The Morgan fingerprint density at radius 3 is 2.41 bits per heavy atom. The number of hydrogen-bond acceptors (Lipinski definition) is 3. The van der Waals surface area contributed by atoms with Gasteiger partial charge in [0.1, 0.15) is 0 Å². The number of carbonyl (C=O) groups excluding carboxylic acids is 2. The number of anilines is 1. The normalized spacial score (nSPS) is 13.3.